The summed E-state index contributed by atoms with van der Waals surface area (Å²) in [6, 6.07) is 27.2. The minimum Gasteiger partial charge on any atom is -0.194 e. The topological polar surface area (TPSA) is 3.88 Å². The molecule has 0 bridgehead atoms. The summed E-state index contributed by atoms with van der Waals surface area (Å²) >= 11 is 0. The van der Waals surface area contributed by atoms with E-state index in [-0.39, 0.29) is 10.8 Å². The van der Waals surface area contributed by atoms with Crippen LogP contribution in [0.1, 0.15) is 63.8 Å². The second-order valence-corrected chi connectivity index (χ2v) is 11.9. The summed E-state index contributed by atoms with van der Waals surface area (Å²) in [5, 5.41) is 0. The predicted octanol–water partition coefficient (Wildman–Crippen LogP) is 8.57. The smallest absolute Gasteiger partial charge is 0.194 e. The number of nitrogens with zero attached hydrogens (tertiary/aromatic N) is 1. The van der Waals surface area contributed by atoms with Crippen LogP contribution in [0.25, 0.3) is 39.6 Å². The summed E-state index contributed by atoms with van der Waals surface area (Å²) in [4.78, 5) is 0. The van der Waals surface area contributed by atoms with Gasteiger partial charge in [0.05, 0.1) is 5.56 Å². The van der Waals surface area contributed by atoms with Gasteiger partial charge in [0.2, 0.25) is 5.69 Å². The molecule has 0 spiro atoms. The summed E-state index contributed by atoms with van der Waals surface area (Å²) < 4.78 is 2.35. The molecular formula is C34H36N+. The van der Waals surface area contributed by atoms with E-state index in [1.165, 1.54) is 55.8 Å². The Hall–Kier alpha value is -3.45. The van der Waals surface area contributed by atoms with Crippen molar-refractivity contribution in [1.82, 2.24) is 0 Å². The third-order valence-corrected chi connectivity index (χ3v) is 7.25. The molecule has 4 aromatic rings. The largest absolute Gasteiger partial charge is 0.213 e. The van der Waals surface area contributed by atoms with E-state index in [9.17, 15) is 0 Å². The monoisotopic (exact) mass is 458 g/mol. The Morgan fingerprint density at radius 2 is 1.34 bits per heavy atom. The quantitative estimate of drug-likeness (QED) is 0.238. The zero-order chi connectivity index (χ0) is 25.0. The number of rotatable bonds is 3. The van der Waals surface area contributed by atoms with E-state index < -0.39 is 0 Å². The van der Waals surface area contributed by atoms with Crippen LogP contribution in [0.3, 0.4) is 0 Å². The highest BCUT2D eigenvalue weighted by Crippen LogP contribution is 2.42. The maximum Gasteiger partial charge on any atom is 0.213 e. The Labute approximate surface area is 210 Å². The molecule has 1 aliphatic rings. The Morgan fingerprint density at radius 3 is 2.00 bits per heavy atom. The second-order valence-electron chi connectivity index (χ2n) is 11.9. The van der Waals surface area contributed by atoms with Crippen LogP contribution in [0.4, 0.5) is 0 Å². The third kappa shape index (κ3) is 4.25. The molecule has 1 aromatic heterocycles. The van der Waals surface area contributed by atoms with Gasteiger partial charge in [-0.05, 0) is 68.0 Å². The molecule has 0 fully saturated rings. The molecule has 0 saturated carbocycles. The normalized spacial score (nSPS) is 12.9. The predicted molar refractivity (Wildman–Crippen MR) is 150 cm³/mol. The molecule has 3 aromatic carbocycles. The van der Waals surface area contributed by atoms with Gasteiger partial charge in [0.25, 0.3) is 0 Å². The lowest BCUT2D eigenvalue weighted by atomic mass is 9.78. The molecule has 176 valence electrons. The van der Waals surface area contributed by atoms with Gasteiger partial charge < -0.3 is 0 Å². The lowest BCUT2D eigenvalue weighted by Crippen LogP contribution is -2.31. The first-order valence-corrected chi connectivity index (χ1v) is 12.6. The lowest BCUT2D eigenvalue weighted by Gasteiger charge is -2.27. The Kier molecular flexibility index (Phi) is 5.55. The van der Waals surface area contributed by atoms with Gasteiger partial charge in [0.1, 0.15) is 0 Å². The van der Waals surface area contributed by atoms with Gasteiger partial charge in [-0.25, -0.2) is 0 Å². The number of aromatic nitrogens is 1. The van der Waals surface area contributed by atoms with E-state index in [1.54, 1.807) is 0 Å². The van der Waals surface area contributed by atoms with Crippen molar-refractivity contribution in [2.24, 2.45) is 0 Å². The molecule has 0 unspecified atom stereocenters. The van der Waals surface area contributed by atoms with Crippen LogP contribution in [-0.2, 0) is 17.4 Å². The molecule has 5 rings (SSSR count). The number of fused-ring (bicyclic) bond motifs is 3. The van der Waals surface area contributed by atoms with Gasteiger partial charge in [0.15, 0.2) is 12.7 Å². The van der Waals surface area contributed by atoms with Crippen LogP contribution < -0.4 is 4.57 Å². The molecule has 1 heteroatoms. The maximum absolute atomic E-state index is 4.11. The first-order chi connectivity index (χ1) is 16.6. The van der Waals surface area contributed by atoms with Gasteiger partial charge in [-0.3, -0.25) is 0 Å². The van der Waals surface area contributed by atoms with E-state index >= 15 is 0 Å². The SMILES string of the molecule is C=Cc1ccccc1-c1cc2c(cc1-c1cc(C(C)(C)C)cc(C(C)(C)C)c1)-c1cccc[n+]1C2. The van der Waals surface area contributed by atoms with Crippen molar-refractivity contribution in [3.05, 3.63) is 108 Å². The number of hydrogen-bond acceptors (Lipinski definition) is 0. The van der Waals surface area contributed by atoms with Crippen molar-refractivity contribution in [3.63, 3.8) is 0 Å². The van der Waals surface area contributed by atoms with Crippen molar-refractivity contribution in [3.8, 4) is 33.5 Å². The minimum absolute atomic E-state index is 0.0639. The first kappa shape index (κ1) is 23.3. The van der Waals surface area contributed by atoms with Crippen molar-refractivity contribution in [1.29, 1.82) is 0 Å². The van der Waals surface area contributed by atoms with Crippen LogP contribution in [0, 0.1) is 0 Å². The number of hydrogen-bond donors (Lipinski definition) is 0. The van der Waals surface area contributed by atoms with Crippen LogP contribution in [-0.4, -0.2) is 0 Å². The van der Waals surface area contributed by atoms with Crippen molar-refractivity contribution in [2.45, 2.75) is 58.9 Å². The van der Waals surface area contributed by atoms with Crippen molar-refractivity contribution < 1.29 is 4.57 Å². The fourth-order valence-electron chi connectivity index (χ4n) is 5.09. The van der Waals surface area contributed by atoms with Gasteiger partial charge in [-0.15, -0.1) is 0 Å². The molecule has 0 atom stereocenters. The van der Waals surface area contributed by atoms with E-state index in [1.807, 2.05) is 6.08 Å². The standard InChI is InChI=1S/C34H36N/c1-8-23-13-9-10-14-28(23)31-19-25-22-35-16-12-11-15-32(35)30(25)21-29(31)24-17-26(33(2,3)4)20-27(18-24)34(5,6)7/h8-21H,1,22H2,2-7H3/q+1. The highest BCUT2D eigenvalue weighted by molar-refractivity contribution is 5.91. The summed E-state index contributed by atoms with van der Waals surface area (Å²) in [5.74, 6) is 0. The van der Waals surface area contributed by atoms with Crippen LogP contribution in [0.5, 0.6) is 0 Å². The molecular weight excluding hydrogens is 422 g/mol. The highest BCUT2D eigenvalue weighted by Gasteiger charge is 2.29. The van der Waals surface area contributed by atoms with Gasteiger partial charge >= 0.3 is 0 Å². The summed E-state index contributed by atoms with van der Waals surface area (Å²) in [7, 11) is 0. The summed E-state index contributed by atoms with van der Waals surface area (Å²) in [5.41, 5.74) is 13.1. The van der Waals surface area contributed by atoms with Crippen LogP contribution >= 0.6 is 0 Å². The molecule has 2 heterocycles. The Bertz CT molecular complexity index is 1410. The van der Waals surface area contributed by atoms with E-state index in [4.69, 9.17) is 0 Å². The lowest BCUT2D eigenvalue weighted by molar-refractivity contribution is -0.672. The minimum atomic E-state index is 0.0639. The number of benzene rings is 3. The molecule has 1 aliphatic heterocycles. The van der Waals surface area contributed by atoms with Gasteiger partial charge in [-0.1, -0.05) is 96.7 Å². The zero-order valence-corrected chi connectivity index (χ0v) is 21.9. The maximum atomic E-state index is 4.11. The molecule has 0 amide bonds. The fourth-order valence-corrected chi connectivity index (χ4v) is 5.09. The third-order valence-electron chi connectivity index (χ3n) is 7.25. The number of pyridine rings is 1. The van der Waals surface area contributed by atoms with Crippen molar-refractivity contribution >= 4 is 6.08 Å². The van der Waals surface area contributed by atoms with Crippen LogP contribution in [0.2, 0.25) is 0 Å². The summed E-state index contributed by atoms with van der Waals surface area (Å²) in [6.45, 7) is 18.9. The Morgan fingerprint density at radius 1 is 0.686 bits per heavy atom. The first-order valence-electron chi connectivity index (χ1n) is 12.6. The average molecular weight is 459 g/mol. The fraction of sp³-hybridized carbons (Fsp3) is 0.265. The van der Waals surface area contributed by atoms with Crippen molar-refractivity contribution in [2.75, 3.05) is 0 Å². The second kappa shape index (κ2) is 8.34. The molecule has 35 heavy (non-hydrogen) atoms. The summed E-state index contributed by atoms with van der Waals surface area (Å²) in [6.07, 6.45) is 4.16. The zero-order valence-electron chi connectivity index (χ0n) is 21.9. The highest BCUT2D eigenvalue weighted by atomic mass is 15.0. The molecule has 0 saturated heterocycles. The van der Waals surface area contributed by atoms with E-state index in [2.05, 4.69) is 132 Å². The molecule has 1 nitrogen and oxygen atoms in total. The Balaban J connectivity index is 1.85. The van der Waals surface area contributed by atoms with E-state index in [0.717, 1.165) is 6.54 Å². The molecule has 0 aliphatic carbocycles. The van der Waals surface area contributed by atoms with Gasteiger partial charge in [-0.2, -0.15) is 4.57 Å². The van der Waals surface area contributed by atoms with E-state index in [0.29, 0.717) is 0 Å². The molecule has 0 N–H and O–H groups in total. The van der Waals surface area contributed by atoms with Crippen LogP contribution in [0.15, 0.2) is 85.6 Å². The average Bonchev–Trinajstić information content (AvgIpc) is 3.19. The molecule has 0 radical (unpaired) electrons. The van der Waals surface area contributed by atoms with Gasteiger partial charge in [0, 0.05) is 17.7 Å².